The van der Waals surface area contributed by atoms with Crippen LogP contribution in [0.25, 0.3) is 0 Å². The number of hydrogen-bond donors (Lipinski definition) is 0. The third-order valence-electron chi connectivity index (χ3n) is 4.65. The first-order chi connectivity index (χ1) is 13.5. The minimum absolute atomic E-state index is 0.0654. The lowest BCUT2D eigenvalue weighted by molar-refractivity contribution is -0.146. The molecule has 0 rings (SSSR count). The predicted molar refractivity (Wildman–Crippen MR) is 116 cm³/mol. The Labute approximate surface area is 173 Å². The number of esters is 2. The molecular formula is C24H44O4. The average Bonchev–Trinajstić information content (AvgIpc) is 2.64. The van der Waals surface area contributed by atoms with Crippen LogP contribution in [0, 0.1) is 5.92 Å². The zero-order valence-electron chi connectivity index (χ0n) is 18.8. The second kappa shape index (κ2) is 19.0. The van der Waals surface area contributed by atoms with E-state index in [0.29, 0.717) is 25.4 Å². The smallest absolute Gasteiger partial charge is 0.306 e. The third-order valence-corrected chi connectivity index (χ3v) is 4.65. The van der Waals surface area contributed by atoms with Crippen molar-refractivity contribution in [2.24, 2.45) is 5.92 Å². The van der Waals surface area contributed by atoms with Gasteiger partial charge in [-0.05, 0) is 51.0 Å². The van der Waals surface area contributed by atoms with E-state index >= 15 is 0 Å². The molecule has 0 aromatic carbocycles. The summed E-state index contributed by atoms with van der Waals surface area (Å²) in [7, 11) is 0. The van der Waals surface area contributed by atoms with E-state index in [4.69, 9.17) is 9.47 Å². The average molecular weight is 397 g/mol. The monoisotopic (exact) mass is 396 g/mol. The SMILES string of the molecule is CCCC/C=C/C(C)OC(=O)CCCCCCCCC(=O)OCCCC(C)C. The largest absolute Gasteiger partial charge is 0.466 e. The molecule has 28 heavy (non-hydrogen) atoms. The second-order valence-electron chi connectivity index (χ2n) is 8.14. The maximum absolute atomic E-state index is 11.8. The van der Waals surface area contributed by atoms with Crippen LogP contribution in [0.2, 0.25) is 0 Å². The highest BCUT2D eigenvalue weighted by molar-refractivity contribution is 5.69. The van der Waals surface area contributed by atoms with Gasteiger partial charge in [0.15, 0.2) is 0 Å². The summed E-state index contributed by atoms with van der Waals surface area (Å²) in [4.78, 5) is 23.4. The van der Waals surface area contributed by atoms with Gasteiger partial charge in [0.05, 0.1) is 6.61 Å². The fourth-order valence-corrected chi connectivity index (χ4v) is 2.91. The van der Waals surface area contributed by atoms with Gasteiger partial charge in [-0.15, -0.1) is 0 Å². The van der Waals surface area contributed by atoms with Crippen molar-refractivity contribution in [2.75, 3.05) is 6.61 Å². The van der Waals surface area contributed by atoms with Crippen LogP contribution in [0.5, 0.6) is 0 Å². The molecule has 1 atom stereocenters. The zero-order chi connectivity index (χ0) is 21.0. The predicted octanol–water partition coefficient (Wildman–Crippen LogP) is 6.76. The lowest BCUT2D eigenvalue weighted by Gasteiger charge is -2.09. The molecule has 164 valence electrons. The molecule has 1 unspecified atom stereocenters. The molecule has 0 radical (unpaired) electrons. The molecule has 4 nitrogen and oxygen atoms in total. The number of ether oxygens (including phenoxy) is 2. The Balaban J connectivity index is 3.45. The summed E-state index contributed by atoms with van der Waals surface area (Å²) in [5.74, 6) is 0.494. The molecule has 0 saturated carbocycles. The molecule has 0 aromatic heterocycles. The van der Waals surface area contributed by atoms with E-state index in [0.717, 1.165) is 57.8 Å². The highest BCUT2D eigenvalue weighted by atomic mass is 16.5. The number of allylic oxidation sites excluding steroid dienone is 1. The first-order valence-corrected chi connectivity index (χ1v) is 11.5. The van der Waals surface area contributed by atoms with Crippen molar-refractivity contribution < 1.29 is 19.1 Å². The molecule has 0 fully saturated rings. The Morgan fingerprint density at radius 3 is 2.04 bits per heavy atom. The van der Waals surface area contributed by atoms with Crippen LogP contribution in [0.3, 0.4) is 0 Å². The minimum Gasteiger partial charge on any atom is -0.466 e. The van der Waals surface area contributed by atoms with E-state index in [1.54, 1.807) is 0 Å². The normalized spacial score (nSPS) is 12.5. The summed E-state index contributed by atoms with van der Waals surface area (Å²) < 4.78 is 10.6. The minimum atomic E-state index is -0.130. The van der Waals surface area contributed by atoms with Crippen molar-refractivity contribution in [1.82, 2.24) is 0 Å². The molecule has 0 aliphatic rings. The maximum atomic E-state index is 11.8. The molecule has 0 amide bonds. The van der Waals surface area contributed by atoms with Crippen molar-refractivity contribution in [3.63, 3.8) is 0 Å². The fraction of sp³-hybridized carbons (Fsp3) is 0.833. The van der Waals surface area contributed by atoms with Crippen LogP contribution < -0.4 is 0 Å². The van der Waals surface area contributed by atoms with E-state index < -0.39 is 0 Å². The lowest BCUT2D eigenvalue weighted by atomic mass is 10.1. The molecular weight excluding hydrogens is 352 g/mol. The van der Waals surface area contributed by atoms with Crippen molar-refractivity contribution in [3.8, 4) is 0 Å². The quantitative estimate of drug-likeness (QED) is 0.146. The highest BCUT2D eigenvalue weighted by Gasteiger charge is 2.07. The first kappa shape index (κ1) is 26.7. The number of carbonyl (C=O) groups is 2. The zero-order valence-corrected chi connectivity index (χ0v) is 18.8. The number of hydrogen-bond acceptors (Lipinski definition) is 4. The molecule has 0 N–H and O–H groups in total. The Bertz CT molecular complexity index is 415. The van der Waals surface area contributed by atoms with Gasteiger partial charge in [-0.1, -0.05) is 65.4 Å². The van der Waals surface area contributed by atoms with Gasteiger partial charge in [-0.3, -0.25) is 9.59 Å². The van der Waals surface area contributed by atoms with E-state index in [2.05, 4.69) is 26.8 Å². The van der Waals surface area contributed by atoms with Crippen LogP contribution in [-0.2, 0) is 19.1 Å². The summed E-state index contributed by atoms with van der Waals surface area (Å²) in [6.45, 7) is 8.99. The standard InChI is InChI=1S/C24H44O4/c1-5-6-7-12-17-22(4)28-24(26)19-14-11-9-8-10-13-18-23(25)27-20-15-16-21(2)3/h12,17,21-22H,5-11,13-16,18-20H2,1-4H3/b17-12+. The van der Waals surface area contributed by atoms with Crippen LogP contribution in [0.4, 0.5) is 0 Å². The van der Waals surface area contributed by atoms with E-state index in [1.807, 2.05) is 13.0 Å². The third kappa shape index (κ3) is 19.4. The fourth-order valence-electron chi connectivity index (χ4n) is 2.91. The Morgan fingerprint density at radius 2 is 1.43 bits per heavy atom. The van der Waals surface area contributed by atoms with Gasteiger partial charge in [-0.25, -0.2) is 0 Å². The summed E-state index contributed by atoms with van der Waals surface area (Å²) in [6.07, 6.45) is 16.5. The van der Waals surface area contributed by atoms with E-state index in [9.17, 15) is 9.59 Å². The van der Waals surface area contributed by atoms with Crippen LogP contribution in [0.1, 0.15) is 111 Å². The first-order valence-electron chi connectivity index (χ1n) is 11.5. The number of carbonyl (C=O) groups excluding carboxylic acids is 2. The Kier molecular flexibility index (Phi) is 18.1. The van der Waals surface area contributed by atoms with Gasteiger partial charge in [0.2, 0.25) is 0 Å². The molecule has 0 aliphatic carbocycles. The molecule has 0 bridgehead atoms. The van der Waals surface area contributed by atoms with Gasteiger partial charge < -0.3 is 9.47 Å². The summed E-state index contributed by atoms with van der Waals surface area (Å²) in [5.41, 5.74) is 0. The molecule has 0 aliphatic heterocycles. The summed E-state index contributed by atoms with van der Waals surface area (Å²) in [5, 5.41) is 0. The van der Waals surface area contributed by atoms with Crippen molar-refractivity contribution in [2.45, 2.75) is 117 Å². The molecule has 0 heterocycles. The Hall–Kier alpha value is -1.32. The molecule has 0 aromatic rings. The second-order valence-corrected chi connectivity index (χ2v) is 8.14. The van der Waals surface area contributed by atoms with Crippen LogP contribution in [0.15, 0.2) is 12.2 Å². The van der Waals surface area contributed by atoms with Gasteiger partial charge in [0.25, 0.3) is 0 Å². The van der Waals surface area contributed by atoms with Crippen molar-refractivity contribution >= 4 is 11.9 Å². The lowest BCUT2D eigenvalue weighted by Crippen LogP contribution is -2.12. The van der Waals surface area contributed by atoms with Gasteiger partial charge in [-0.2, -0.15) is 0 Å². The highest BCUT2D eigenvalue weighted by Crippen LogP contribution is 2.11. The number of rotatable bonds is 18. The Morgan fingerprint density at radius 1 is 0.821 bits per heavy atom. The van der Waals surface area contributed by atoms with Gasteiger partial charge in [0, 0.05) is 12.8 Å². The van der Waals surface area contributed by atoms with Crippen molar-refractivity contribution in [3.05, 3.63) is 12.2 Å². The van der Waals surface area contributed by atoms with Gasteiger partial charge >= 0.3 is 11.9 Å². The summed E-state index contributed by atoms with van der Waals surface area (Å²) >= 11 is 0. The van der Waals surface area contributed by atoms with E-state index in [1.165, 1.54) is 12.8 Å². The molecule has 0 saturated heterocycles. The molecule has 4 heteroatoms. The summed E-state index contributed by atoms with van der Waals surface area (Å²) in [6, 6.07) is 0. The topological polar surface area (TPSA) is 52.6 Å². The van der Waals surface area contributed by atoms with Crippen LogP contribution in [-0.4, -0.2) is 24.6 Å². The maximum Gasteiger partial charge on any atom is 0.306 e. The van der Waals surface area contributed by atoms with Crippen molar-refractivity contribution in [1.29, 1.82) is 0 Å². The van der Waals surface area contributed by atoms with Gasteiger partial charge in [0.1, 0.15) is 6.10 Å². The van der Waals surface area contributed by atoms with Crippen LogP contribution >= 0.6 is 0 Å². The van der Waals surface area contributed by atoms with E-state index in [-0.39, 0.29) is 18.0 Å². The molecule has 0 spiro atoms. The number of unbranched alkanes of at least 4 members (excludes halogenated alkanes) is 7.